The van der Waals surface area contributed by atoms with Gasteiger partial charge in [-0.2, -0.15) is 0 Å². The van der Waals surface area contributed by atoms with E-state index >= 15 is 0 Å². The van der Waals surface area contributed by atoms with Gasteiger partial charge in [-0.3, -0.25) is 0 Å². The minimum absolute atomic E-state index is 0.878. The predicted molar refractivity (Wildman–Crippen MR) is 204 cm³/mol. The van der Waals surface area contributed by atoms with Crippen LogP contribution in [0.25, 0.3) is 76.2 Å². The molecule has 224 valence electrons. The molecule has 0 atom stereocenters. The maximum absolute atomic E-state index is 6.64. The highest BCUT2D eigenvalue weighted by Crippen LogP contribution is 2.42. The van der Waals surface area contributed by atoms with Crippen molar-refractivity contribution < 1.29 is 4.42 Å². The maximum atomic E-state index is 6.64. The van der Waals surface area contributed by atoms with Crippen LogP contribution in [0.1, 0.15) is 0 Å². The number of nitrogens with zero attached hydrogens (tertiary/aromatic N) is 1. The van der Waals surface area contributed by atoms with Crippen molar-refractivity contribution in [3.8, 4) is 11.1 Å². The first-order valence-electron chi connectivity index (χ1n) is 16.4. The quantitative estimate of drug-likeness (QED) is 0.184. The topological polar surface area (TPSA) is 16.4 Å². The Morgan fingerprint density at radius 2 is 0.875 bits per heavy atom. The van der Waals surface area contributed by atoms with Crippen molar-refractivity contribution in [2.75, 3.05) is 4.90 Å². The van der Waals surface area contributed by atoms with E-state index in [1.807, 2.05) is 0 Å². The largest absolute Gasteiger partial charge is 0.455 e. The van der Waals surface area contributed by atoms with Gasteiger partial charge in [0.05, 0.1) is 0 Å². The summed E-state index contributed by atoms with van der Waals surface area (Å²) in [7, 11) is 0. The standard InChI is InChI=1S/C46H29NO/c1-4-12-38-30(8-1)11-7-15-40(38)33-18-21-35(22-19-33)47(36-23-26-41-34(28-36)17-16-31-9-2-5-13-39(31)41)37-24-27-43-44-25-20-32-10-3-6-14-42(32)46(44)48-45(43)29-37/h1-29H. The van der Waals surface area contributed by atoms with E-state index in [4.69, 9.17) is 4.42 Å². The van der Waals surface area contributed by atoms with Crippen LogP contribution in [0.3, 0.4) is 0 Å². The lowest BCUT2D eigenvalue weighted by molar-refractivity contribution is 0.672. The zero-order valence-electron chi connectivity index (χ0n) is 26.1. The number of fused-ring (bicyclic) bond motifs is 9. The molecule has 0 radical (unpaired) electrons. The molecule has 9 aromatic carbocycles. The highest BCUT2D eigenvalue weighted by Gasteiger charge is 2.18. The van der Waals surface area contributed by atoms with E-state index in [2.05, 4.69) is 181 Å². The molecule has 0 spiro atoms. The molecule has 0 aliphatic heterocycles. The fourth-order valence-electron chi connectivity index (χ4n) is 7.49. The summed E-state index contributed by atoms with van der Waals surface area (Å²) < 4.78 is 6.64. The third kappa shape index (κ3) is 4.20. The monoisotopic (exact) mass is 611 g/mol. The molecule has 0 unspecified atom stereocenters. The Hall–Kier alpha value is -6.38. The molecule has 10 rings (SSSR count). The van der Waals surface area contributed by atoms with Crippen molar-refractivity contribution in [2.45, 2.75) is 0 Å². The SMILES string of the molecule is c1ccc2c(-c3ccc(N(c4ccc5c(ccc6ccccc65)c4)c4ccc5c(c4)oc4c6ccccc6ccc54)cc3)cccc2c1. The molecule has 10 aromatic rings. The summed E-state index contributed by atoms with van der Waals surface area (Å²) in [6, 6.07) is 63.3. The summed E-state index contributed by atoms with van der Waals surface area (Å²) in [6.45, 7) is 0. The van der Waals surface area contributed by atoms with Crippen LogP contribution in [0.15, 0.2) is 180 Å². The van der Waals surface area contributed by atoms with Crippen LogP contribution in [0.2, 0.25) is 0 Å². The Bertz CT molecular complexity index is 2840. The molecule has 0 saturated heterocycles. The van der Waals surface area contributed by atoms with Crippen molar-refractivity contribution in [1.82, 2.24) is 0 Å². The lowest BCUT2D eigenvalue weighted by Crippen LogP contribution is -2.09. The van der Waals surface area contributed by atoms with Crippen molar-refractivity contribution in [1.29, 1.82) is 0 Å². The Labute approximate surface area is 277 Å². The van der Waals surface area contributed by atoms with Gasteiger partial charge in [-0.25, -0.2) is 0 Å². The number of rotatable bonds is 4. The molecule has 2 heteroatoms. The van der Waals surface area contributed by atoms with E-state index in [1.165, 1.54) is 48.8 Å². The van der Waals surface area contributed by atoms with Gasteiger partial charge >= 0.3 is 0 Å². The van der Waals surface area contributed by atoms with E-state index in [-0.39, 0.29) is 0 Å². The minimum atomic E-state index is 0.878. The molecular weight excluding hydrogens is 583 g/mol. The second-order valence-corrected chi connectivity index (χ2v) is 12.5. The zero-order chi connectivity index (χ0) is 31.6. The summed E-state index contributed by atoms with van der Waals surface area (Å²) in [5, 5.41) is 12.1. The van der Waals surface area contributed by atoms with Gasteiger partial charge in [0, 0.05) is 39.3 Å². The molecule has 0 amide bonds. The van der Waals surface area contributed by atoms with Crippen LogP contribution < -0.4 is 4.90 Å². The smallest absolute Gasteiger partial charge is 0.143 e. The number of anilines is 3. The van der Waals surface area contributed by atoms with E-state index in [9.17, 15) is 0 Å². The molecule has 0 fully saturated rings. The lowest BCUT2D eigenvalue weighted by Gasteiger charge is -2.26. The van der Waals surface area contributed by atoms with Gasteiger partial charge in [0.1, 0.15) is 11.2 Å². The van der Waals surface area contributed by atoms with Crippen LogP contribution >= 0.6 is 0 Å². The highest BCUT2D eigenvalue weighted by atomic mass is 16.3. The van der Waals surface area contributed by atoms with Crippen LogP contribution in [0.5, 0.6) is 0 Å². The third-order valence-corrected chi connectivity index (χ3v) is 9.82. The van der Waals surface area contributed by atoms with Crippen LogP contribution in [-0.4, -0.2) is 0 Å². The summed E-state index contributed by atoms with van der Waals surface area (Å²) in [5.41, 5.74) is 7.46. The van der Waals surface area contributed by atoms with Crippen LogP contribution in [-0.2, 0) is 0 Å². The second kappa shape index (κ2) is 10.6. The lowest BCUT2D eigenvalue weighted by atomic mass is 9.98. The van der Waals surface area contributed by atoms with Crippen molar-refractivity contribution in [3.63, 3.8) is 0 Å². The Kier molecular flexibility index (Phi) is 5.91. The maximum Gasteiger partial charge on any atom is 0.143 e. The van der Waals surface area contributed by atoms with Gasteiger partial charge in [-0.05, 0) is 91.3 Å². The number of hydrogen-bond acceptors (Lipinski definition) is 2. The van der Waals surface area contributed by atoms with Crippen LogP contribution in [0.4, 0.5) is 17.1 Å². The summed E-state index contributed by atoms with van der Waals surface area (Å²) >= 11 is 0. The predicted octanol–water partition coefficient (Wildman–Crippen LogP) is 13.3. The summed E-state index contributed by atoms with van der Waals surface area (Å²) in [5.74, 6) is 0. The van der Waals surface area contributed by atoms with Gasteiger partial charge in [0.15, 0.2) is 0 Å². The van der Waals surface area contributed by atoms with Gasteiger partial charge < -0.3 is 9.32 Å². The first kappa shape index (κ1) is 26.8. The van der Waals surface area contributed by atoms with Gasteiger partial charge in [-0.1, -0.05) is 127 Å². The molecule has 0 aliphatic carbocycles. The molecule has 2 nitrogen and oxygen atoms in total. The molecular formula is C46H29NO. The highest BCUT2D eigenvalue weighted by molar-refractivity contribution is 6.15. The summed E-state index contributed by atoms with van der Waals surface area (Å²) in [4.78, 5) is 2.34. The Morgan fingerprint density at radius 1 is 0.333 bits per heavy atom. The molecule has 1 aromatic heterocycles. The van der Waals surface area contributed by atoms with Gasteiger partial charge in [0.25, 0.3) is 0 Å². The molecule has 48 heavy (non-hydrogen) atoms. The van der Waals surface area contributed by atoms with Crippen LogP contribution in [0, 0.1) is 0 Å². The van der Waals surface area contributed by atoms with E-state index in [1.54, 1.807) is 0 Å². The van der Waals surface area contributed by atoms with E-state index in [0.29, 0.717) is 0 Å². The minimum Gasteiger partial charge on any atom is -0.455 e. The van der Waals surface area contributed by atoms with Gasteiger partial charge in [0.2, 0.25) is 0 Å². The molecule has 1 heterocycles. The first-order valence-corrected chi connectivity index (χ1v) is 16.4. The molecule has 0 saturated carbocycles. The van der Waals surface area contributed by atoms with E-state index < -0.39 is 0 Å². The average Bonchev–Trinajstić information content (AvgIpc) is 3.53. The summed E-state index contributed by atoms with van der Waals surface area (Å²) in [6.07, 6.45) is 0. The Balaban J connectivity index is 1.15. The molecule has 0 bridgehead atoms. The number of benzene rings is 9. The molecule has 0 N–H and O–H groups in total. The molecule has 0 aliphatic rings. The Morgan fingerprint density at radius 3 is 1.69 bits per heavy atom. The van der Waals surface area contributed by atoms with Crippen molar-refractivity contribution in [2.24, 2.45) is 0 Å². The number of furan rings is 1. The fourth-order valence-corrected chi connectivity index (χ4v) is 7.49. The zero-order valence-corrected chi connectivity index (χ0v) is 26.1. The van der Waals surface area contributed by atoms with Crippen molar-refractivity contribution in [3.05, 3.63) is 176 Å². The third-order valence-electron chi connectivity index (χ3n) is 9.82. The average molecular weight is 612 g/mol. The second-order valence-electron chi connectivity index (χ2n) is 12.5. The first-order chi connectivity index (χ1) is 23.8. The van der Waals surface area contributed by atoms with Gasteiger partial charge in [-0.15, -0.1) is 0 Å². The van der Waals surface area contributed by atoms with Crippen molar-refractivity contribution >= 4 is 82.1 Å². The fraction of sp³-hybridized carbons (Fsp3) is 0. The van der Waals surface area contributed by atoms with E-state index in [0.717, 1.165) is 44.4 Å². The normalized spacial score (nSPS) is 11.8. The number of hydrogen-bond donors (Lipinski definition) is 0.